The summed E-state index contributed by atoms with van der Waals surface area (Å²) in [6.45, 7) is 4.00. The quantitative estimate of drug-likeness (QED) is 0.567. The van der Waals surface area contributed by atoms with Crippen molar-refractivity contribution in [3.05, 3.63) is 30.5 Å². The fraction of sp³-hybridized carbons (Fsp3) is 0.273. The Morgan fingerprint density at radius 2 is 1.85 bits per heavy atom. The lowest BCUT2D eigenvalue weighted by Gasteiger charge is -1.95. The van der Waals surface area contributed by atoms with Gasteiger partial charge in [0.1, 0.15) is 0 Å². The summed E-state index contributed by atoms with van der Waals surface area (Å²) in [5, 5.41) is 2.55. The predicted octanol–water partition coefficient (Wildman–Crippen LogP) is 2.70. The molecule has 0 saturated carbocycles. The highest BCUT2D eigenvalue weighted by atomic mass is 31.0. The van der Waals surface area contributed by atoms with Crippen LogP contribution in [0.3, 0.4) is 0 Å². The molecule has 0 amide bonds. The molecule has 2 rings (SSSR count). The van der Waals surface area contributed by atoms with Gasteiger partial charge < -0.3 is 4.57 Å². The third-order valence-electron chi connectivity index (χ3n) is 1.91. The third-order valence-corrected chi connectivity index (χ3v) is 2.27. The van der Waals surface area contributed by atoms with Crippen LogP contribution in [0.1, 0.15) is 13.8 Å². The molecule has 0 bridgehead atoms. The largest absolute Gasteiger partial charge is 0.351 e. The molecule has 13 heavy (non-hydrogen) atoms. The van der Waals surface area contributed by atoms with Crippen LogP contribution in [-0.4, -0.2) is 4.57 Å². The maximum Gasteiger partial charge on any atom is 0.0478 e. The average Bonchev–Trinajstić information content (AvgIpc) is 2.51. The molecule has 2 heteroatoms. The van der Waals surface area contributed by atoms with Crippen LogP contribution < -0.4 is 5.30 Å². The van der Waals surface area contributed by atoms with Crippen molar-refractivity contribution in [3.8, 4) is 0 Å². The molecule has 0 spiro atoms. The Balaban J connectivity index is 0.000000396. The van der Waals surface area contributed by atoms with Crippen molar-refractivity contribution in [2.24, 2.45) is 7.05 Å². The van der Waals surface area contributed by atoms with E-state index in [0.717, 1.165) is 0 Å². The summed E-state index contributed by atoms with van der Waals surface area (Å²) in [7, 11) is 4.76. The van der Waals surface area contributed by atoms with E-state index in [-0.39, 0.29) is 0 Å². The minimum Gasteiger partial charge on any atom is -0.351 e. The average molecular weight is 193 g/mol. The summed E-state index contributed by atoms with van der Waals surface area (Å²) in [5.41, 5.74) is 1.29. The van der Waals surface area contributed by atoms with Crippen LogP contribution in [0.5, 0.6) is 0 Å². The summed E-state index contributed by atoms with van der Waals surface area (Å²) in [5.74, 6) is 0. The van der Waals surface area contributed by atoms with Crippen LogP contribution >= 0.6 is 9.24 Å². The number of fused-ring (bicyclic) bond motifs is 1. The molecule has 70 valence electrons. The predicted molar refractivity (Wildman–Crippen MR) is 63.6 cm³/mol. The van der Waals surface area contributed by atoms with Gasteiger partial charge in [0.2, 0.25) is 0 Å². The molecule has 0 radical (unpaired) electrons. The summed E-state index contributed by atoms with van der Waals surface area (Å²) in [6.07, 6.45) is 2.08. The minimum atomic E-state index is 1.24. The van der Waals surface area contributed by atoms with Gasteiger partial charge in [0.05, 0.1) is 0 Å². The first-order valence-corrected chi connectivity index (χ1v) is 5.16. The molecule has 1 aromatic heterocycles. The van der Waals surface area contributed by atoms with Crippen LogP contribution in [0.2, 0.25) is 0 Å². The summed E-state index contributed by atoms with van der Waals surface area (Å²) >= 11 is 0. The highest BCUT2D eigenvalue weighted by Crippen LogP contribution is 2.12. The highest BCUT2D eigenvalue weighted by Gasteiger charge is 1.95. The van der Waals surface area contributed by atoms with Crippen molar-refractivity contribution in [1.82, 2.24) is 4.57 Å². The number of rotatable bonds is 0. The van der Waals surface area contributed by atoms with E-state index in [1.165, 1.54) is 16.2 Å². The summed E-state index contributed by atoms with van der Waals surface area (Å²) in [4.78, 5) is 0. The molecule has 1 unspecified atom stereocenters. The molecule has 1 atom stereocenters. The zero-order valence-electron chi connectivity index (χ0n) is 8.41. The molecule has 0 aliphatic rings. The molecule has 0 aliphatic carbocycles. The fourth-order valence-electron chi connectivity index (χ4n) is 1.30. The Hall–Kier alpha value is -0.810. The number of nitrogens with zero attached hydrogens (tertiary/aromatic N) is 1. The monoisotopic (exact) mass is 193 g/mol. The summed E-state index contributed by atoms with van der Waals surface area (Å²) in [6, 6.07) is 8.54. The molecule has 1 aromatic carbocycles. The van der Waals surface area contributed by atoms with Crippen LogP contribution in [0, 0.1) is 0 Å². The van der Waals surface area contributed by atoms with Crippen molar-refractivity contribution in [2.75, 3.05) is 0 Å². The second-order valence-electron chi connectivity index (χ2n) is 2.74. The van der Waals surface area contributed by atoms with Crippen LogP contribution in [0.25, 0.3) is 10.9 Å². The first kappa shape index (κ1) is 10.3. The molecular weight excluding hydrogens is 177 g/mol. The molecule has 0 N–H and O–H groups in total. The van der Waals surface area contributed by atoms with Gasteiger partial charge in [-0.25, -0.2) is 0 Å². The van der Waals surface area contributed by atoms with Crippen molar-refractivity contribution < 1.29 is 0 Å². The van der Waals surface area contributed by atoms with Crippen LogP contribution in [0.15, 0.2) is 30.5 Å². The standard InChI is InChI=1S/C9H10NP.C2H6/c1-10-5-4-7-6-8(11)2-3-9(7)10;1-2/h2-6H,11H2,1H3;1-2H3. The zero-order chi connectivity index (χ0) is 9.84. The second kappa shape index (κ2) is 4.43. The van der Waals surface area contributed by atoms with E-state index in [1.807, 2.05) is 13.8 Å². The van der Waals surface area contributed by atoms with Crippen molar-refractivity contribution in [1.29, 1.82) is 0 Å². The molecule has 2 aromatic rings. The van der Waals surface area contributed by atoms with E-state index in [4.69, 9.17) is 0 Å². The Morgan fingerprint density at radius 1 is 1.15 bits per heavy atom. The number of hydrogen-bond donors (Lipinski definition) is 0. The van der Waals surface area contributed by atoms with Crippen molar-refractivity contribution in [2.45, 2.75) is 13.8 Å². The van der Waals surface area contributed by atoms with Gasteiger partial charge in [0, 0.05) is 24.1 Å². The first-order chi connectivity index (χ1) is 6.27. The first-order valence-electron chi connectivity index (χ1n) is 4.58. The topological polar surface area (TPSA) is 4.93 Å². The van der Waals surface area contributed by atoms with Crippen LogP contribution in [0.4, 0.5) is 0 Å². The fourth-order valence-corrected chi connectivity index (χ4v) is 1.58. The van der Waals surface area contributed by atoms with Crippen molar-refractivity contribution in [3.63, 3.8) is 0 Å². The molecule has 0 aliphatic heterocycles. The molecule has 1 heterocycles. The molecule has 1 nitrogen and oxygen atoms in total. The third kappa shape index (κ3) is 2.10. The number of hydrogen-bond acceptors (Lipinski definition) is 0. The van der Waals surface area contributed by atoms with Gasteiger partial charge in [-0.1, -0.05) is 19.9 Å². The number of aromatic nitrogens is 1. The van der Waals surface area contributed by atoms with Crippen molar-refractivity contribution >= 4 is 25.4 Å². The van der Waals surface area contributed by atoms with E-state index in [2.05, 4.69) is 51.3 Å². The zero-order valence-corrected chi connectivity index (χ0v) is 9.57. The highest BCUT2D eigenvalue weighted by molar-refractivity contribution is 7.27. The van der Waals surface area contributed by atoms with E-state index in [9.17, 15) is 0 Å². The lowest BCUT2D eigenvalue weighted by molar-refractivity contribution is 0.969. The van der Waals surface area contributed by atoms with E-state index >= 15 is 0 Å². The number of aryl methyl sites for hydroxylation is 1. The molecule has 0 saturated heterocycles. The Kier molecular flexibility index (Phi) is 3.50. The maximum atomic E-state index is 2.70. The Labute approximate surface area is 82.0 Å². The van der Waals surface area contributed by atoms with E-state index < -0.39 is 0 Å². The number of benzene rings is 1. The second-order valence-corrected chi connectivity index (χ2v) is 3.41. The normalized spacial score (nSPS) is 9.54. The van der Waals surface area contributed by atoms with Crippen LogP contribution in [-0.2, 0) is 7.05 Å². The van der Waals surface area contributed by atoms with Gasteiger partial charge in [0.15, 0.2) is 0 Å². The minimum absolute atomic E-state index is 1.24. The van der Waals surface area contributed by atoms with Gasteiger partial charge in [0.25, 0.3) is 0 Å². The van der Waals surface area contributed by atoms with Gasteiger partial charge in [-0.2, -0.15) is 0 Å². The SMILES string of the molecule is CC.Cn1ccc2cc(P)ccc21. The van der Waals surface area contributed by atoms with Gasteiger partial charge >= 0.3 is 0 Å². The van der Waals surface area contributed by atoms with Gasteiger partial charge in [-0.3, -0.25) is 0 Å². The lowest BCUT2D eigenvalue weighted by Crippen LogP contribution is -1.89. The Morgan fingerprint density at radius 3 is 2.54 bits per heavy atom. The van der Waals surface area contributed by atoms with Gasteiger partial charge in [-0.05, 0) is 23.5 Å². The Bertz CT molecular complexity index is 390. The molecular formula is C11H16NP. The summed E-state index contributed by atoms with van der Waals surface area (Å²) < 4.78 is 2.12. The lowest BCUT2D eigenvalue weighted by atomic mass is 10.2. The van der Waals surface area contributed by atoms with Gasteiger partial charge in [-0.15, -0.1) is 9.24 Å². The molecule has 0 fully saturated rings. The smallest absolute Gasteiger partial charge is 0.0478 e. The van der Waals surface area contributed by atoms with E-state index in [1.54, 1.807) is 0 Å². The maximum absolute atomic E-state index is 2.70. The van der Waals surface area contributed by atoms with E-state index in [0.29, 0.717) is 0 Å².